The minimum absolute atomic E-state index is 0.00772. The van der Waals surface area contributed by atoms with Crippen LogP contribution in [0.3, 0.4) is 0 Å². The van der Waals surface area contributed by atoms with Gasteiger partial charge in [0, 0.05) is 0 Å². The van der Waals surface area contributed by atoms with Gasteiger partial charge >= 0.3 is 12.0 Å². The van der Waals surface area contributed by atoms with Gasteiger partial charge in [-0.05, 0) is 12.8 Å². The van der Waals surface area contributed by atoms with Crippen LogP contribution in [0, 0.1) is 12.0 Å². The van der Waals surface area contributed by atoms with Gasteiger partial charge in [-0.25, -0.2) is 4.98 Å². The maximum atomic E-state index is 13.4. The van der Waals surface area contributed by atoms with Crippen LogP contribution in [-0.4, -0.2) is 38.2 Å². The Kier molecular flexibility index (Phi) is 4.12. The lowest BCUT2D eigenvalue weighted by Gasteiger charge is -2.16. The van der Waals surface area contributed by atoms with Crippen molar-refractivity contribution in [2.24, 2.45) is 5.92 Å². The number of halogens is 1. The number of nitrogens with zero attached hydrogens (tertiary/aromatic N) is 4. The second-order valence-corrected chi connectivity index (χ2v) is 5.78. The third-order valence-corrected chi connectivity index (χ3v) is 3.70. The van der Waals surface area contributed by atoms with E-state index in [0.717, 1.165) is 6.42 Å². The van der Waals surface area contributed by atoms with Crippen molar-refractivity contribution in [3.05, 3.63) is 12.4 Å². The first-order valence-corrected chi connectivity index (χ1v) is 7.43. The molecule has 2 N–H and O–H groups in total. The van der Waals surface area contributed by atoms with Crippen LogP contribution in [0.25, 0.3) is 11.2 Å². The van der Waals surface area contributed by atoms with Gasteiger partial charge in [-0.3, -0.25) is 9.36 Å². The molecule has 124 valence electrons. The topological polar surface area (TPSA) is 105 Å². The average molecular weight is 323 g/mol. The fourth-order valence-corrected chi connectivity index (χ4v) is 2.48. The summed E-state index contributed by atoms with van der Waals surface area (Å²) in [5.41, 5.74) is 6.27. The van der Waals surface area contributed by atoms with Crippen molar-refractivity contribution in [1.82, 2.24) is 19.5 Å². The zero-order valence-corrected chi connectivity index (χ0v) is 12.9. The lowest BCUT2D eigenvalue weighted by atomic mass is 10.2. The molecule has 23 heavy (non-hydrogen) atoms. The summed E-state index contributed by atoms with van der Waals surface area (Å²) >= 11 is 0. The molecule has 1 fully saturated rings. The number of carbonyl (C=O) groups excluding carboxylic acids is 1. The molecule has 9 heteroatoms. The van der Waals surface area contributed by atoms with E-state index in [1.54, 1.807) is 18.4 Å². The molecular weight excluding hydrogens is 305 g/mol. The molecule has 2 aromatic heterocycles. The lowest BCUT2D eigenvalue weighted by Crippen LogP contribution is -2.21. The highest BCUT2D eigenvalue weighted by atomic mass is 19.1. The van der Waals surface area contributed by atoms with Crippen LogP contribution in [-0.2, 0) is 14.3 Å². The van der Waals surface area contributed by atoms with Gasteiger partial charge < -0.3 is 15.2 Å². The van der Waals surface area contributed by atoms with Gasteiger partial charge in [0.15, 0.2) is 17.0 Å². The van der Waals surface area contributed by atoms with E-state index in [9.17, 15) is 9.18 Å². The van der Waals surface area contributed by atoms with Crippen molar-refractivity contribution >= 4 is 23.0 Å². The number of imidazole rings is 1. The number of anilines is 1. The molecule has 2 atom stereocenters. The fraction of sp³-hybridized carbons (Fsp3) is 0.571. The van der Waals surface area contributed by atoms with Crippen molar-refractivity contribution in [2.75, 3.05) is 12.3 Å². The summed E-state index contributed by atoms with van der Waals surface area (Å²) in [6.45, 7) is 3.75. The molecule has 0 amide bonds. The number of aromatic nitrogens is 4. The Hall–Kier alpha value is -2.29. The predicted molar refractivity (Wildman–Crippen MR) is 78.6 cm³/mol. The molecule has 1 aliphatic rings. The van der Waals surface area contributed by atoms with Crippen molar-refractivity contribution in [2.45, 2.75) is 39.0 Å². The predicted octanol–water partition coefficient (Wildman–Crippen LogP) is 1.42. The van der Waals surface area contributed by atoms with Crippen molar-refractivity contribution in [1.29, 1.82) is 0 Å². The number of rotatable bonds is 4. The summed E-state index contributed by atoms with van der Waals surface area (Å²) in [6, 6.07) is 0. The van der Waals surface area contributed by atoms with Crippen molar-refractivity contribution < 1.29 is 18.7 Å². The van der Waals surface area contributed by atoms with Crippen LogP contribution in [0.1, 0.15) is 32.9 Å². The summed E-state index contributed by atoms with van der Waals surface area (Å²) in [5, 5.41) is 0. The zero-order valence-electron chi connectivity index (χ0n) is 12.9. The molecule has 1 saturated heterocycles. The summed E-state index contributed by atoms with van der Waals surface area (Å²) < 4.78 is 26.0. The number of carbonyl (C=O) groups is 1. The number of fused-ring (bicyclic) bond motifs is 1. The minimum atomic E-state index is -0.905. The molecule has 0 aliphatic carbocycles. The third kappa shape index (κ3) is 3.09. The van der Waals surface area contributed by atoms with Crippen LogP contribution in [0.5, 0.6) is 0 Å². The number of ether oxygens (including phenoxy) is 2. The van der Waals surface area contributed by atoms with Gasteiger partial charge in [-0.1, -0.05) is 13.8 Å². The normalized spacial score (nSPS) is 21.2. The maximum absolute atomic E-state index is 13.4. The Morgan fingerprint density at radius 1 is 1.52 bits per heavy atom. The van der Waals surface area contributed by atoms with E-state index >= 15 is 0 Å². The smallest absolute Gasteiger partial charge is 0.312 e. The van der Waals surface area contributed by atoms with E-state index in [-0.39, 0.29) is 36.6 Å². The van der Waals surface area contributed by atoms with Gasteiger partial charge in [-0.2, -0.15) is 14.4 Å². The number of hydrogen-bond acceptors (Lipinski definition) is 7. The number of nitrogen functional groups attached to an aromatic ring is 1. The molecule has 0 spiro atoms. The van der Waals surface area contributed by atoms with Gasteiger partial charge in [0.1, 0.15) is 12.8 Å². The molecule has 2 aromatic rings. The van der Waals surface area contributed by atoms with Gasteiger partial charge in [0.05, 0.1) is 18.3 Å². The molecule has 0 unspecified atom stereocenters. The van der Waals surface area contributed by atoms with Gasteiger partial charge in [-0.15, -0.1) is 0 Å². The van der Waals surface area contributed by atoms with E-state index in [1.165, 1.54) is 6.33 Å². The molecule has 3 heterocycles. The average Bonchev–Trinajstić information content (AvgIpc) is 3.10. The zero-order chi connectivity index (χ0) is 16.6. The fourth-order valence-electron chi connectivity index (χ4n) is 2.48. The van der Waals surface area contributed by atoms with Crippen LogP contribution in [0.2, 0.25) is 0 Å². The Labute approximate surface area is 131 Å². The highest BCUT2D eigenvalue weighted by Crippen LogP contribution is 2.31. The first-order chi connectivity index (χ1) is 11.0. The quantitative estimate of drug-likeness (QED) is 0.670. The summed E-state index contributed by atoms with van der Waals surface area (Å²) in [7, 11) is 0. The maximum Gasteiger partial charge on any atom is 0.312 e. The van der Waals surface area contributed by atoms with Crippen LogP contribution in [0.4, 0.5) is 10.2 Å². The molecular formula is C14H18FN5O3. The Morgan fingerprint density at radius 3 is 3.04 bits per heavy atom. The monoisotopic (exact) mass is 323 g/mol. The molecule has 8 nitrogen and oxygen atoms in total. The number of esters is 1. The van der Waals surface area contributed by atoms with Crippen LogP contribution >= 0.6 is 0 Å². The highest BCUT2D eigenvalue weighted by Gasteiger charge is 2.29. The molecule has 0 bridgehead atoms. The molecule has 1 aliphatic heterocycles. The summed E-state index contributed by atoms with van der Waals surface area (Å²) in [6.07, 6.45) is 1.44. The Morgan fingerprint density at radius 2 is 2.30 bits per heavy atom. The molecule has 0 saturated carbocycles. The standard InChI is InChI=1S/C14H18FN5O3/c1-7(2)13(21)22-5-8-3-4-9(23-8)20-6-17-10-11(16)18-14(15)19-12(10)20/h6-9H,3-5H2,1-2H3,(H2,16,18,19)/t8-,9+/m0/s1. The van der Waals surface area contributed by atoms with E-state index in [2.05, 4.69) is 15.0 Å². The van der Waals surface area contributed by atoms with Crippen molar-refractivity contribution in [3.63, 3.8) is 0 Å². The number of nitrogens with two attached hydrogens (primary N) is 1. The lowest BCUT2D eigenvalue weighted by molar-refractivity contribution is -0.152. The molecule has 3 rings (SSSR count). The van der Waals surface area contributed by atoms with E-state index in [1.807, 2.05) is 0 Å². The Balaban J connectivity index is 1.71. The SMILES string of the molecule is CC(C)C(=O)OC[C@@H]1CC[C@H](n2cnc3c(N)nc(F)nc32)O1. The van der Waals surface area contributed by atoms with Crippen LogP contribution < -0.4 is 5.73 Å². The second kappa shape index (κ2) is 6.07. The van der Waals surface area contributed by atoms with Crippen LogP contribution in [0.15, 0.2) is 6.33 Å². The van der Waals surface area contributed by atoms with Crippen molar-refractivity contribution in [3.8, 4) is 0 Å². The summed E-state index contributed by atoms with van der Waals surface area (Å²) in [4.78, 5) is 22.8. The first kappa shape index (κ1) is 15.6. The third-order valence-electron chi connectivity index (χ3n) is 3.70. The molecule has 0 aromatic carbocycles. The second-order valence-electron chi connectivity index (χ2n) is 5.78. The number of hydrogen-bond donors (Lipinski definition) is 1. The largest absolute Gasteiger partial charge is 0.463 e. The summed E-state index contributed by atoms with van der Waals surface area (Å²) in [5.74, 6) is -0.438. The molecule has 0 radical (unpaired) electrons. The minimum Gasteiger partial charge on any atom is -0.463 e. The highest BCUT2D eigenvalue weighted by molar-refractivity contribution is 5.81. The van der Waals surface area contributed by atoms with Gasteiger partial charge in [0.2, 0.25) is 0 Å². The Bertz CT molecular complexity index is 733. The van der Waals surface area contributed by atoms with E-state index in [0.29, 0.717) is 17.6 Å². The first-order valence-electron chi connectivity index (χ1n) is 7.43. The van der Waals surface area contributed by atoms with E-state index < -0.39 is 6.08 Å². The van der Waals surface area contributed by atoms with Gasteiger partial charge in [0.25, 0.3) is 0 Å². The van der Waals surface area contributed by atoms with E-state index in [4.69, 9.17) is 15.2 Å².